The number of methoxy groups -OCH3 is 1. The van der Waals surface area contributed by atoms with Crippen LogP contribution in [-0.2, 0) is 14.3 Å². The van der Waals surface area contributed by atoms with Crippen LogP contribution in [0.25, 0.3) is 5.76 Å². The van der Waals surface area contributed by atoms with E-state index in [9.17, 15) is 4.79 Å². The van der Waals surface area contributed by atoms with Gasteiger partial charge in [0.15, 0.2) is 0 Å². The van der Waals surface area contributed by atoms with Gasteiger partial charge in [0.2, 0.25) is 0 Å². The maximum atomic E-state index is 11.1. The molecule has 0 saturated heterocycles. The molecule has 0 aliphatic carbocycles. The topological polar surface area (TPSA) is 35.5 Å². The quantitative estimate of drug-likeness (QED) is 0.579. The fraction of sp³-hybridized carbons (Fsp3) is 0.214. The maximum absolute atomic E-state index is 11.1. The SMILES string of the molecule is COC(=O)/C=C1\CCC=C(c2ccccc2)O1. The van der Waals surface area contributed by atoms with Crippen molar-refractivity contribution in [3.05, 3.63) is 53.8 Å². The van der Waals surface area contributed by atoms with Gasteiger partial charge in [-0.2, -0.15) is 0 Å². The van der Waals surface area contributed by atoms with E-state index in [4.69, 9.17) is 4.74 Å². The van der Waals surface area contributed by atoms with Gasteiger partial charge >= 0.3 is 5.97 Å². The lowest BCUT2D eigenvalue weighted by molar-refractivity contribution is -0.135. The summed E-state index contributed by atoms with van der Waals surface area (Å²) in [4.78, 5) is 11.1. The average molecular weight is 230 g/mol. The van der Waals surface area contributed by atoms with E-state index in [0.29, 0.717) is 5.76 Å². The zero-order valence-corrected chi connectivity index (χ0v) is 9.68. The summed E-state index contributed by atoms with van der Waals surface area (Å²) in [5.41, 5.74) is 1.02. The van der Waals surface area contributed by atoms with E-state index in [1.807, 2.05) is 36.4 Å². The smallest absolute Gasteiger partial charge is 0.333 e. The van der Waals surface area contributed by atoms with Crippen molar-refractivity contribution < 1.29 is 14.3 Å². The minimum atomic E-state index is -0.380. The normalized spacial score (nSPS) is 17.2. The van der Waals surface area contributed by atoms with Gasteiger partial charge < -0.3 is 9.47 Å². The molecule has 1 aliphatic heterocycles. The Balaban J connectivity index is 2.15. The third kappa shape index (κ3) is 2.97. The molecule has 2 rings (SSSR count). The predicted molar refractivity (Wildman–Crippen MR) is 64.8 cm³/mol. The molecule has 0 fully saturated rings. The first-order valence-corrected chi connectivity index (χ1v) is 5.51. The molecular formula is C14H14O3. The molecule has 1 aromatic carbocycles. The summed E-state index contributed by atoms with van der Waals surface area (Å²) >= 11 is 0. The first-order valence-electron chi connectivity index (χ1n) is 5.51. The highest BCUT2D eigenvalue weighted by molar-refractivity contribution is 5.82. The average Bonchev–Trinajstić information content (AvgIpc) is 2.40. The van der Waals surface area contributed by atoms with Gasteiger partial charge in [0.05, 0.1) is 13.2 Å². The molecule has 0 spiro atoms. The number of hydrogen-bond donors (Lipinski definition) is 0. The molecule has 1 aliphatic rings. The second-order valence-corrected chi connectivity index (χ2v) is 3.71. The molecule has 3 heteroatoms. The fourth-order valence-corrected chi connectivity index (χ4v) is 1.65. The van der Waals surface area contributed by atoms with E-state index < -0.39 is 0 Å². The van der Waals surface area contributed by atoms with Crippen molar-refractivity contribution in [3.63, 3.8) is 0 Å². The van der Waals surface area contributed by atoms with Crippen LogP contribution < -0.4 is 0 Å². The van der Waals surface area contributed by atoms with Crippen molar-refractivity contribution in [2.45, 2.75) is 12.8 Å². The van der Waals surface area contributed by atoms with E-state index in [2.05, 4.69) is 4.74 Å². The van der Waals surface area contributed by atoms with Gasteiger partial charge in [-0.3, -0.25) is 0 Å². The molecule has 0 saturated carbocycles. The molecule has 0 unspecified atom stereocenters. The number of carbonyl (C=O) groups is 1. The van der Waals surface area contributed by atoms with Gasteiger partial charge in [-0.05, 0) is 12.5 Å². The highest BCUT2D eigenvalue weighted by Crippen LogP contribution is 2.27. The predicted octanol–water partition coefficient (Wildman–Crippen LogP) is 2.89. The number of benzene rings is 1. The van der Waals surface area contributed by atoms with Gasteiger partial charge in [-0.25, -0.2) is 4.79 Å². The van der Waals surface area contributed by atoms with Crippen LogP contribution >= 0.6 is 0 Å². The van der Waals surface area contributed by atoms with Gasteiger partial charge in [0.1, 0.15) is 11.5 Å². The summed E-state index contributed by atoms with van der Waals surface area (Å²) < 4.78 is 10.2. The minimum Gasteiger partial charge on any atom is -0.466 e. The third-order valence-electron chi connectivity index (χ3n) is 2.50. The molecule has 0 aromatic heterocycles. The van der Waals surface area contributed by atoms with Crippen molar-refractivity contribution >= 4 is 11.7 Å². The summed E-state index contributed by atoms with van der Waals surface area (Å²) in [7, 11) is 1.36. The Labute approximate surface area is 100 Å². The zero-order chi connectivity index (χ0) is 12.1. The molecule has 0 bridgehead atoms. The van der Waals surface area contributed by atoms with Gasteiger partial charge in [-0.1, -0.05) is 30.3 Å². The summed E-state index contributed by atoms with van der Waals surface area (Å²) in [6.07, 6.45) is 5.03. The van der Waals surface area contributed by atoms with Crippen LogP contribution in [0.5, 0.6) is 0 Å². The standard InChI is InChI=1S/C14H14O3/c1-16-14(15)10-12-8-5-9-13(17-12)11-6-3-2-4-7-11/h2-4,6-7,9-10H,5,8H2,1H3/b12-10+. The number of allylic oxidation sites excluding steroid dienone is 2. The van der Waals surface area contributed by atoms with Crippen molar-refractivity contribution in [1.29, 1.82) is 0 Å². The lowest BCUT2D eigenvalue weighted by Gasteiger charge is -2.17. The van der Waals surface area contributed by atoms with Crippen LogP contribution in [0.15, 0.2) is 48.2 Å². The number of hydrogen-bond acceptors (Lipinski definition) is 3. The highest BCUT2D eigenvalue weighted by atomic mass is 16.5. The van der Waals surface area contributed by atoms with Crippen molar-refractivity contribution in [2.24, 2.45) is 0 Å². The van der Waals surface area contributed by atoms with E-state index in [0.717, 1.165) is 24.2 Å². The number of esters is 1. The molecule has 88 valence electrons. The first kappa shape index (κ1) is 11.5. The Morgan fingerprint density at radius 1 is 1.35 bits per heavy atom. The van der Waals surface area contributed by atoms with Crippen LogP contribution in [0.1, 0.15) is 18.4 Å². The second-order valence-electron chi connectivity index (χ2n) is 3.71. The number of ether oxygens (including phenoxy) is 2. The third-order valence-corrected chi connectivity index (χ3v) is 2.50. The summed E-state index contributed by atoms with van der Waals surface area (Å²) in [6, 6.07) is 9.83. The Kier molecular flexibility index (Phi) is 3.60. The van der Waals surface area contributed by atoms with Crippen molar-refractivity contribution in [1.82, 2.24) is 0 Å². The van der Waals surface area contributed by atoms with Crippen molar-refractivity contribution in [2.75, 3.05) is 7.11 Å². The Bertz CT molecular complexity index is 458. The summed E-state index contributed by atoms with van der Waals surface area (Å²) in [5, 5.41) is 0. The van der Waals surface area contributed by atoms with E-state index in [1.54, 1.807) is 0 Å². The molecule has 1 aromatic rings. The molecule has 3 nitrogen and oxygen atoms in total. The maximum Gasteiger partial charge on any atom is 0.333 e. The summed E-state index contributed by atoms with van der Waals surface area (Å²) in [6.45, 7) is 0. The number of rotatable bonds is 2. The van der Waals surface area contributed by atoms with Gasteiger partial charge in [0.25, 0.3) is 0 Å². The van der Waals surface area contributed by atoms with Crippen LogP contribution in [0.3, 0.4) is 0 Å². The lowest BCUT2D eigenvalue weighted by Crippen LogP contribution is -2.03. The van der Waals surface area contributed by atoms with E-state index in [-0.39, 0.29) is 5.97 Å². The minimum absolute atomic E-state index is 0.380. The fourth-order valence-electron chi connectivity index (χ4n) is 1.65. The largest absolute Gasteiger partial charge is 0.466 e. The second kappa shape index (κ2) is 5.34. The molecule has 0 atom stereocenters. The monoisotopic (exact) mass is 230 g/mol. The molecular weight excluding hydrogens is 216 g/mol. The van der Waals surface area contributed by atoms with Gasteiger partial charge in [0, 0.05) is 12.0 Å². The van der Waals surface area contributed by atoms with Crippen LogP contribution in [0.4, 0.5) is 0 Å². The Morgan fingerprint density at radius 3 is 2.82 bits per heavy atom. The van der Waals surface area contributed by atoms with E-state index in [1.165, 1.54) is 13.2 Å². The van der Waals surface area contributed by atoms with Gasteiger partial charge in [-0.15, -0.1) is 0 Å². The first-order chi connectivity index (χ1) is 8.29. The molecule has 0 radical (unpaired) electrons. The molecule has 17 heavy (non-hydrogen) atoms. The van der Waals surface area contributed by atoms with Crippen LogP contribution in [-0.4, -0.2) is 13.1 Å². The molecule has 0 N–H and O–H groups in total. The molecule has 0 amide bonds. The van der Waals surface area contributed by atoms with Crippen LogP contribution in [0, 0.1) is 0 Å². The highest BCUT2D eigenvalue weighted by Gasteiger charge is 2.12. The summed E-state index contributed by atoms with van der Waals surface area (Å²) in [5.74, 6) is 1.07. The number of carbonyl (C=O) groups excluding carboxylic acids is 1. The zero-order valence-electron chi connectivity index (χ0n) is 9.68. The van der Waals surface area contributed by atoms with E-state index >= 15 is 0 Å². The lowest BCUT2D eigenvalue weighted by atomic mass is 10.1. The van der Waals surface area contributed by atoms with Crippen molar-refractivity contribution in [3.8, 4) is 0 Å². The van der Waals surface area contributed by atoms with Crippen LogP contribution in [0.2, 0.25) is 0 Å². The Hall–Kier alpha value is -2.03. The molecule has 1 heterocycles. The Morgan fingerprint density at radius 2 is 2.12 bits per heavy atom.